The lowest BCUT2D eigenvalue weighted by atomic mass is 10.1. The Kier molecular flexibility index (Phi) is 6.45. The molecule has 1 aromatic carbocycles. The zero-order chi connectivity index (χ0) is 15.1. The summed E-state index contributed by atoms with van der Waals surface area (Å²) >= 11 is 0. The van der Waals surface area contributed by atoms with E-state index in [1.54, 1.807) is 6.07 Å². The second-order valence-electron chi connectivity index (χ2n) is 5.21. The van der Waals surface area contributed by atoms with E-state index in [1.165, 1.54) is 0 Å². The van der Waals surface area contributed by atoms with Crippen molar-refractivity contribution in [1.29, 1.82) is 0 Å². The number of hydrogen-bond acceptors (Lipinski definition) is 4. The number of rotatable bonds is 8. The van der Waals surface area contributed by atoms with E-state index in [1.807, 2.05) is 26.1 Å². The van der Waals surface area contributed by atoms with Crippen molar-refractivity contribution >= 4 is 11.4 Å². The number of hydrogen-bond donors (Lipinski definition) is 1. The fourth-order valence-electron chi connectivity index (χ4n) is 1.99. The largest absolute Gasteiger partial charge is 0.380 e. The molecule has 0 aliphatic heterocycles. The van der Waals surface area contributed by atoms with Crippen molar-refractivity contribution in [2.75, 3.05) is 18.9 Å². The van der Waals surface area contributed by atoms with Gasteiger partial charge in [-0.15, -0.1) is 0 Å². The highest BCUT2D eigenvalue weighted by atomic mass is 16.6. The van der Waals surface area contributed by atoms with E-state index >= 15 is 0 Å². The quantitative estimate of drug-likeness (QED) is 0.583. The maximum Gasteiger partial charge on any atom is 0.292 e. The van der Waals surface area contributed by atoms with Crippen molar-refractivity contribution in [2.24, 2.45) is 0 Å². The Hall–Kier alpha value is -1.62. The summed E-state index contributed by atoms with van der Waals surface area (Å²) in [6.45, 7) is 7.80. The van der Waals surface area contributed by atoms with E-state index < -0.39 is 0 Å². The molecule has 1 N–H and O–H groups in total. The van der Waals surface area contributed by atoms with Gasteiger partial charge >= 0.3 is 0 Å². The minimum Gasteiger partial charge on any atom is -0.380 e. The summed E-state index contributed by atoms with van der Waals surface area (Å²) in [7, 11) is 2.04. The first kappa shape index (κ1) is 16.4. The Morgan fingerprint density at radius 3 is 2.65 bits per heavy atom. The first-order chi connectivity index (χ1) is 9.49. The van der Waals surface area contributed by atoms with Gasteiger partial charge in [-0.25, -0.2) is 0 Å². The highest BCUT2D eigenvalue weighted by Crippen LogP contribution is 2.26. The van der Waals surface area contributed by atoms with Crippen LogP contribution in [-0.2, 0) is 6.54 Å². The van der Waals surface area contributed by atoms with Gasteiger partial charge in [0, 0.05) is 25.2 Å². The molecule has 5 heteroatoms. The fraction of sp³-hybridized carbons (Fsp3) is 0.600. The highest BCUT2D eigenvalue weighted by molar-refractivity contribution is 5.62. The van der Waals surface area contributed by atoms with Crippen molar-refractivity contribution in [3.63, 3.8) is 0 Å². The van der Waals surface area contributed by atoms with Crippen molar-refractivity contribution < 1.29 is 4.92 Å². The standard InChI is InChI=1S/C15H25N3O2/c1-5-9-16-14-8-7-13(10-15(14)18(19)20)11-17(4)12(3)6-2/h7-8,10,12,16H,5-6,9,11H2,1-4H3. The van der Waals surface area contributed by atoms with E-state index in [4.69, 9.17) is 0 Å². The van der Waals surface area contributed by atoms with Crippen LogP contribution in [0.2, 0.25) is 0 Å². The van der Waals surface area contributed by atoms with Crippen molar-refractivity contribution in [3.05, 3.63) is 33.9 Å². The summed E-state index contributed by atoms with van der Waals surface area (Å²) in [4.78, 5) is 13.1. The SMILES string of the molecule is CCCNc1ccc(CN(C)C(C)CC)cc1[N+](=O)[O-]. The molecule has 0 radical (unpaired) electrons. The van der Waals surface area contributed by atoms with Crippen LogP contribution >= 0.6 is 0 Å². The van der Waals surface area contributed by atoms with Crippen LogP contribution in [0.25, 0.3) is 0 Å². The molecular formula is C15H25N3O2. The molecule has 0 aromatic heterocycles. The fourth-order valence-corrected chi connectivity index (χ4v) is 1.99. The van der Waals surface area contributed by atoms with E-state index in [0.717, 1.165) is 31.5 Å². The van der Waals surface area contributed by atoms with Crippen LogP contribution in [0, 0.1) is 10.1 Å². The number of benzene rings is 1. The third-order valence-corrected chi connectivity index (χ3v) is 3.60. The van der Waals surface area contributed by atoms with E-state index in [-0.39, 0.29) is 10.6 Å². The second-order valence-corrected chi connectivity index (χ2v) is 5.21. The predicted molar refractivity (Wildman–Crippen MR) is 83.1 cm³/mol. The van der Waals surface area contributed by atoms with Crippen LogP contribution < -0.4 is 5.32 Å². The van der Waals surface area contributed by atoms with Crippen LogP contribution in [0.15, 0.2) is 18.2 Å². The predicted octanol–water partition coefficient (Wildman–Crippen LogP) is 3.65. The van der Waals surface area contributed by atoms with Gasteiger partial charge in [-0.1, -0.05) is 19.9 Å². The molecule has 1 unspecified atom stereocenters. The maximum atomic E-state index is 11.2. The Labute approximate surface area is 121 Å². The Bertz CT molecular complexity index is 449. The van der Waals surface area contributed by atoms with Gasteiger partial charge < -0.3 is 5.32 Å². The smallest absolute Gasteiger partial charge is 0.292 e. The van der Waals surface area contributed by atoms with Crippen LogP contribution in [0.1, 0.15) is 39.2 Å². The van der Waals surface area contributed by atoms with Crippen molar-refractivity contribution in [2.45, 2.75) is 46.2 Å². The van der Waals surface area contributed by atoms with Gasteiger partial charge in [-0.3, -0.25) is 15.0 Å². The van der Waals surface area contributed by atoms with Gasteiger partial charge in [0.1, 0.15) is 5.69 Å². The van der Waals surface area contributed by atoms with Crippen LogP contribution in [0.5, 0.6) is 0 Å². The minimum absolute atomic E-state index is 0.161. The van der Waals surface area contributed by atoms with Gasteiger partial charge in [0.05, 0.1) is 4.92 Å². The van der Waals surface area contributed by atoms with E-state index in [2.05, 4.69) is 24.1 Å². The van der Waals surface area contributed by atoms with Crippen molar-refractivity contribution in [1.82, 2.24) is 4.90 Å². The molecule has 1 rings (SSSR count). The summed E-state index contributed by atoms with van der Waals surface area (Å²) in [6.07, 6.45) is 2.00. The molecule has 1 aromatic rings. The summed E-state index contributed by atoms with van der Waals surface area (Å²) in [6, 6.07) is 5.92. The summed E-state index contributed by atoms with van der Waals surface area (Å²) < 4.78 is 0. The molecule has 0 aliphatic carbocycles. The number of nitrogens with zero attached hydrogens (tertiary/aromatic N) is 2. The third-order valence-electron chi connectivity index (χ3n) is 3.60. The van der Waals surface area contributed by atoms with E-state index in [9.17, 15) is 10.1 Å². The molecule has 20 heavy (non-hydrogen) atoms. The second kappa shape index (κ2) is 7.85. The third kappa shape index (κ3) is 4.49. The molecule has 0 saturated heterocycles. The zero-order valence-corrected chi connectivity index (χ0v) is 12.8. The first-order valence-electron chi connectivity index (χ1n) is 7.21. The van der Waals surface area contributed by atoms with Gasteiger partial charge in [0.15, 0.2) is 0 Å². The van der Waals surface area contributed by atoms with Gasteiger partial charge in [-0.05, 0) is 38.4 Å². The Morgan fingerprint density at radius 1 is 1.40 bits per heavy atom. The minimum atomic E-state index is -0.315. The normalized spacial score (nSPS) is 12.4. The molecule has 0 spiro atoms. The Morgan fingerprint density at radius 2 is 2.10 bits per heavy atom. The highest BCUT2D eigenvalue weighted by Gasteiger charge is 2.15. The lowest BCUT2D eigenvalue weighted by Gasteiger charge is -2.23. The molecule has 0 bridgehead atoms. The average Bonchev–Trinajstić information content (AvgIpc) is 2.44. The van der Waals surface area contributed by atoms with E-state index in [0.29, 0.717) is 11.7 Å². The number of nitro groups is 1. The maximum absolute atomic E-state index is 11.2. The first-order valence-corrected chi connectivity index (χ1v) is 7.21. The molecule has 0 amide bonds. The van der Waals surface area contributed by atoms with Crippen LogP contribution in [0.3, 0.4) is 0 Å². The Balaban J connectivity index is 2.89. The average molecular weight is 279 g/mol. The van der Waals surface area contributed by atoms with Gasteiger partial charge in [0.25, 0.3) is 5.69 Å². The lowest BCUT2D eigenvalue weighted by molar-refractivity contribution is -0.384. The van der Waals surface area contributed by atoms with Gasteiger partial charge in [0.2, 0.25) is 0 Å². The molecule has 112 valence electrons. The monoisotopic (exact) mass is 279 g/mol. The molecular weight excluding hydrogens is 254 g/mol. The molecule has 5 nitrogen and oxygen atoms in total. The molecule has 0 aliphatic rings. The zero-order valence-electron chi connectivity index (χ0n) is 12.8. The molecule has 0 heterocycles. The molecule has 0 saturated carbocycles. The number of nitro benzene ring substituents is 1. The number of nitrogens with one attached hydrogen (secondary N) is 1. The topological polar surface area (TPSA) is 58.4 Å². The van der Waals surface area contributed by atoms with Gasteiger partial charge in [-0.2, -0.15) is 0 Å². The van der Waals surface area contributed by atoms with Crippen molar-refractivity contribution in [3.8, 4) is 0 Å². The lowest BCUT2D eigenvalue weighted by Crippen LogP contribution is -2.27. The summed E-state index contributed by atoms with van der Waals surface area (Å²) in [5, 5.41) is 14.3. The number of anilines is 1. The summed E-state index contributed by atoms with van der Waals surface area (Å²) in [5.41, 5.74) is 1.74. The van der Waals surface area contributed by atoms with Crippen LogP contribution in [0.4, 0.5) is 11.4 Å². The summed E-state index contributed by atoms with van der Waals surface area (Å²) in [5.74, 6) is 0. The molecule has 0 fully saturated rings. The molecule has 1 atom stereocenters. The van der Waals surface area contributed by atoms with Crippen LogP contribution in [-0.4, -0.2) is 29.5 Å².